The van der Waals surface area contributed by atoms with Crippen molar-refractivity contribution >= 4 is 45.0 Å². The van der Waals surface area contributed by atoms with Gasteiger partial charge in [-0.1, -0.05) is 11.6 Å². The van der Waals surface area contributed by atoms with Crippen molar-refractivity contribution in [2.24, 2.45) is 0 Å². The maximum absolute atomic E-state index is 12.7. The first-order chi connectivity index (χ1) is 17.0. The summed E-state index contributed by atoms with van der Waals surface area (Å²) in [7, 11) is -3.86. The number of benzene rings is 2. The van der Waals surface area contributed by atoms with E-state index in [0.29, 0.717) is 22.0 Å². The summed E-state index contributed by atoms with van der Waals surface area (Å²) in [5.74, 6) is -1.35. The number of ether oxygens (including phenoxy) is 1. The molecule has 0 saturated heterocycles. The van der Waals surface area contributed by atoms with Crippen LogP contribution >= 0.6 is 11.6 Å². The third-order valence-corrected chi connectivity index (χ3v) is 7.02. The molecule has 0 aliphatic rings. The van der Waals surface area contributed by atoms with Gasteiger partial charge in [-0.05, 0) is 68.4 Å². The van der Waals surface area contributed by atoms with E-state index in [4.69, 9.17) is 16.3 Å². The highest BCUT2D eigenvalue weighted by Crippen LogP contribution is 2.23. The molecule has 2 N–H and O–H groups in total. The number of nitrogens with one attached hydrogen (secondary N) is 2. The SMILES string of the molecule is CC(=O)Nc1ccc(S(=O)(=O)NCCC(=O)OCC(=O)c2cc(C)n(-c3ccc(Cl)cc3)c2C)cc1. The van der Waals surface area contributed by atoms with Crippen LogP contribution in [0, 0.1) is 13.8 Å². The zero-order chi connectivity index (χ0) is 26.5. The van der Waals surface area contributed by atoms with E-state index in [0.717, 1.165) is 11.4 Å². The molecule has 0 radical (unpaired) electrons. The molecule has 9 nitrogen and oxygen atoms in total. The van der Waals surface area contributed by atoms with Gasteiger partial charge in [-0.3, -0.25) is 14.4 Å². The van der Waals surface area contributed by atoms with E-state index in [1.54, 1.807) is 25.1 Å². The molecule has 1 aromatic heterocycles. The second-order valence-electron chi connectivity index (χ2n) is 8.03. The first-order valence-electron chi connectivity index (χ1n) is 11.0. The number of aryl methyl sites for hydroxylation is 1. The largest absolute Gasteiger partial charge is 0.457 e. The Labute approximate surface area is 214 Å². The van der Waals surface area contributed by atoms with Gasteiger partial charge in [0.15, 0.2) is 6.61 Å². The van der Waals surface area contributed by atoms with Crippen molar-refractivity contribution in [3.05, 3.63) is 76.6 Å². The normalized spacial score (nSPS) is 11.2. The Morgan fingerprint density at radius 2 is 1.64 bits per heavy atom. The van der Waals surface area contributed by atoms with Crippen LogP contribution in [0.4, 0.5) is 5.69 Å². The average molecular weight is 532 g/mol. The van der Waals surface area contributed by atoms with Crippen LogP contribution in [0.3, 0.4) is 0 Å². The molecule has 0 saturated carbocycles. The van der Waals surface area contributed by atoms with Gasteiger partial charge in [0.05, 0.1) is 11.3 Å². The zero-order valence-corrected chi connectivity index (χ0v) is 21.6. The van der Waals surface area contributed by atoms with Crippen LogP contribution in [0.25, 0.3) is 5.69 Å². The number of carbonyl (C=O) groups is 3. The average Bonchev–Trinajstić information content (AvgIpc) is 3.12. The van der Waals surface area contributed by atoms with Gasteiger partial charge in [0, 0.05) is 46.8 Å². The lowest BCUT2D eigenvalue weighted by Crippen LogP contribution is -2.27. The second-order valence-corrected chi connectivity index (χ2v) is 10.2. The molecule has 0 bridgehead atoms. The van der Waals surface area contributed by atoms with Crippen molar-refractivity contribution in [3.63, 3.8) is 0 Å². The summed E-state index contributed by atoms with van der Waals surface area (Å²) in [6.45, 7) is 4.35. The van der Waals surface area contributed by atoms with E-state index in [1.165, 1.54) is 31.2 Å². The second kappa shape index (κ2) is 11.5. The van der Waals surface area contributed by atoms with Crippen molar-refractivity contribution < 1.29 is 27.5 Å². The lowest BCUT2D eigenvalue weighted by Gasteiger charge is -2.10. The molecule has 0 unspecified atom stereocenters. The molecule has 0 aliphatic heterocycles. The number of Topliss-reactive ketones (excluding diaryl/α,β-unsaturated/α-hetero) is 1. The van der Waals surface area contributed by atoms with Gasteiger partial charge in [0.25, 0.3) is 0 Å². The zero-order valence-electron chi connectivity index (χ0n) is 20.0. The number of nitrogens with zero attached hydrogens (tertiary/aromatic N) is 1. The number of hydrogen-bond acceptors (Lipinski definition) is 6. The summed E-state index contributed by atoms with van der Waals surface area (Å²) < 4.78 is 34.1. The lowest BCUT2D eigenvalue weighted by molar-refractivity contribution is -0.142. The van der Waals surface area contributed by atoms with Crippen LogP contribution < -0.4 is 10.0 Å². The fourth-order valence-electron chi connectivity index (χ4n) is 3.62. The van der Waals surface area contributed by atoms with E-state index in [2.05, 4.69) is 10.0 Å². The Hall–Kier alpha value is -3.47. The molecular weight excluding hydrogens is 506 g/mol. The lowest BCUT2D eigenvalue weighted by atomic mass is 10.1. The number of carbonyl (C=O) groups excluding carboxylic acids is 3. The van der Waals surface area contributed by atoms with Crippen LogP contribution in [-0.4, -0.2) is 43.8 Å². The number of anilines is 1. The molecule has 3 rings (SSSR count). The van der Waals surface area contributed by atoms with Crippen molar-refractivity contribution in [3.8, 4) is 5.69 Å². The van der Waals surface area contributed by atoms with Gasteiger partial charge in [-0.2, -0.15) is 0 Å². The molecule has 36 heavy (non-hydrogen) atoms. The van der Waals surface area contributed by atoms with Gasteiger partial charge in [0.1, 0.15) is 0 Å². The number of rotatable bonds is 10. The topological polar surface area (TPSA) is 124 Å². The van der Waals surface area contributed by atoms with Gasteiger partial charge < -0.3 is 14.6 Å². The Morgan fingerprint density at radius 1 is 1.00 bits per heavy atom. The Morgan fingerprint density at radius 3 is 2.25 bits per heavy atom. The monoisotopic (exact) mass is 531 g/mol. The first kappa shape index (κ1) is 27.1. The molecule has 190 valence electrons. The Kier molecular flexibility index (Phi) is 8.67. The van der Waals surface area contributed by atoms with E-state index in [1.807, 2.05) is 23.6 Å². The number of ketones is 1. The number of amides is 1. The predicted molar refractivity (Wildman–Crippen MR) is 136 cm³/mol. The number of sulfonamides is 1. The molecule has 0 aliphatic carbocycles. The molecule has 11 heteroatoms. The summed E-state index contributed by atoms with van der Waals surface area (Å²) in [6, 6.07) is 14.5. The smallest absolute Gasteiger partial charge is 0.307 e. The Bertz CT molecular complexity index is 1380. The minimum Gasteiger partial charge on any atom is -0.457 e. The maximum Gasteiger partial charge on any atom is 0.307 e. The summed E-state index contributed by atoms with van der Waals surface area (Å²) in [5, 5.41) is 3.15. The van der Waals surface area contributed by atoms with Gasteiger partial charge >= 0.3 is 5.97 Å². The molecule has 1 amide bonds. The number of halogens is 1. The number of aromatic nitrogens is 1. The van der Waals surface area contributed by atoms with E-state index < -0.39 is 22.6 Å². The summed E-state index contributed by atoms with van der Waals surface area (Å²) in [6.07, 6.45) is -0.250. The minimum absolute atomic E-state index is 0.0174. The number of esters is 1. The quantitative estimate of drug-likeness (QED) is 0.303. The van der Waals surface area contributed by atoms with Crippen molar-refractivity contribution in [1.82, 2.24) is 9.29 Å². The molecule has 0 atom stereocenters. The summed E-state index contributed by atoms with van der Waals surface area (Å²) in [4.78, 5) is 35.8. The summed E-state index contributed by atoms with van der Waals surface area (Å²) in [5.41, 5.74) is 3.28. The van der Waals surface area contributed by atoms with E-state index in [9.17, 15) is 22.8 Å². The first-order valence-corrected chi connectivity index (χ1v) is 12.8. The molecule has 3 aromatic rings. The van der Waals surface area contributed by atoms with E-state index in [-0.39, 0.29) is 29.6 Å². The minimum atomic E-state index is -3.86. The van der Waals surface area contributed by atoms with Crippen molar-refractivity contribution in [2.45, 2.75) is 32.1 Å². The van der Waals surface area contributed by atoms with Crippen LogP contribution in [0.1, 0.15) is 35.1 Å². The van der Waals surface area contributed by atoms with Crippen LogP contribution in [0.2, 0.25) is 5.02 Å². The molecule has 0 spiro atoms. The van der Waals surface area contributed by atoms with Gasteiger partial charge in [0.2, 0.25) is 21.7 Å². The van der Waals surface area contributed by atoms with Crippen LogP contribution in [0.15, 0.2) is 59.5 Å². The highest BCUT2D eigenvalue weighted by atomic mass is 35.5. The Balaban J connectivity index is 1.52. The van der Waals surface area contributed by atoms with Crippen molar-refractivity contribution in [1.29, 1.82) is 0 Å². The maximum atomic E-state index is 12.7. The fourth-order valence-corrected chi connectivity index (χ4v) is 4.78. The molecule has 1 heterocycles. The van der Waals surface area contributed by atoms with Gasteiger partial charge in [-0.25, -0.2) is 13.1 Å². The number of hydrogen-bond donors (Lipinski definition) is 2. The standard InChI is InChI=1S/C25H26ClN3O6S/c1-16-14-23(17(2)29(16)21-8-4-19(26)5-9-21)24(31)15-35-25(32)12-13-27-36(33,34)22-10-6-20(7-11-22)28-18(3)30/h4-11,14,27H,12-13,15H2,1-3H3,(H,28,30). The van der Waals surface area contributed by atoms with Crippen LogP contribution in [-0.2, 0) is 24.3 Å². The highest BCUT2D eigenvalue weighted by Gasteiger charge is 2.19. The van der Waals surface area contributed by atoms with Gasteiger partial charge in [-0.15, -0.1) is 0 Å². The third kappa shape index (κ3) is 6.81. The fraction of sp³-hybridized carbons (Fsp3) is 0.240. The molecule has 2 aromatic carbocycles. The molecular formula is C25H26ClN3O6S. The molecule has 0 fully saturated rings. The van der Waals surface area contributed by atoms with E-state index >= 15 is 0 Å². The van der Waals surface area contributed by atoms with Crippen LogP contribution in [0.5, 0.6) is 0 Å². The highest BCUT2D eigenvalue weighted by molar-refractivity contribution is 7.89. The summed E-state index contributed by atoms with van der Waals surface area (Å²) >= 11 is 5.96. The van der Waals surface area contributed by atoms with Crippen molar-refractivity contribution in [2.75, 3.05) is 18.5 Å². The predicted octanol–water partition coefficient (Wildman–Crippen LogP) is 3.80. The third-order valence-electron chi connectivity index (χ3n) is 5.29.